The molecule has 0 fully saturated rings. The number of rotatable bonds is 40. The molecular weight excluding hydrogens is 899 g/mol. The molecule has 0 spiro atoms. The van der Waals surface area contributed by atoms with Gasteiger partial charge < -0.3 is 61.1 Å². The first-order valence-corrected chi connectivity index (χ1v) is 25.1. The SMILES string of the molecule is CN(C)CC(=O)NCCCC[C@H](NC(=O)CN(C)C)C(=O)NCCCN(CCCNC(=O)[C@H](CCCCNC(=O)CN(C)C)NC(=O)CN(C)C)C(=O)CCCCCCCC(=O)OCc1ccccc1. The first-order valence-electron chi connectivity index (χ1n) is 25.1. The molecule has 0 bridgehead atoms. The predicted molar refractivity (Wildman–Crippen MR) is 272 cm³/mol. The van der Waals surface area contributed by atoms with Crippen LogP contribution in [0, 0.1) is 0 Å². The molecule has 6 N–H and O–H groups in total. The molecule has 1 rings (SSSR count). The molecule has 0 aliphatic heterocycles. The highest BCUT2D eigenvalue weighted by Gasteiger charge is 2.23. The monoisotopic (exact) mass is 988 g/mol. The maximum absolute atomic E-state index is 13.7. The number of ether oxygens (including phenoxy) is 1. The zero-order valence-corrected chi connectivity index (χ0v) is 43.8. The van der Waals surface area contributed by atoms with Crippen LogP contribution in [0.4, 0.5) is 0 Å². The van der Waals surface area contributed by atoms with E-state index in [-0.39, 0.29) is 93.2 Å². The molecule has 398 valence electrons. The van der Waals surface area contributed by atoms with E-state index in [9.17, 15) is 38.4 Å². The Morgan fingerprint density at radius 3 is 1.30 bits per heavy atom. The lowest BCUT2D eigenvalue weighted by Gasteiger charge is -2.24. The van der Waals surface area contributed by atoms with Gasteiger partial charge in [0.05, 0.1) is 26.2 Å². The van der Waals surface area contributed by atoms with Gasteiger partial charge in [-0.25, -0.2) is 0 Å². The lowest BCUT2D eigenvalue weighted by molar-refractivity contribution is -0.145. The summed E-state index contributed by atoms with van der Waals surface area (Å²) in [6.45, 7) is 3.22. The molecule has 70 heavy (non-hydrogen) atoms. The Hall–Kier alpha value is -5.18. The number of benzene rings is 1. The van der Waals surface area contributed by atoms with Crippen molar-refractivity contribution in [3.05, 3.63) is 35.9 Å². The molecule has 2 atom stereocenters. The first kappa shape index (κ1) is 62.8. The summed E-state index contributed by atoms with van der Waals surface area (Å²) in [6, 6.07) is 8.01. The third-order valence-corrected chi connectivity index (χ3v) is 10.8. The fourth-order valence-electron chi connectivity index (χ4n) is 7.30. The summed E-state index contributed by atoms with van der Waals surface area (Å²) in [5, 5.41) is 17.3. The zero-order chi connectivity index (χ0) is 52.1. The number of nitrogens with one attached hydrogen (secondary N) is 6. The molecule has 0 radical (unpaired) electrons. The fraction of sp³-hybridized carbons (Fsp3) is 0.720. The van der Waals surface area contributed by atoms with Gasteiger partial charge >= 0.3 is 5.97 Å². The van der Waals surface area contributed by atoms with Gasteiger partial charge in [-0.3, -0.25) is 38.4 Å². The number of esters is 1. The van der Waals surface area contributed by atoms with E-state index in [1.165, 1.54) is 0 Å². The fourth-order valence-corrected chi connectivity index (χ4v) is 7.30. The summed E-state index contributed by atoms with van der Waals surface area (Å²) in [5.74, 6) is -1.65. The van der Waals surface area contributed by atoms with Gasteiger partial charge in [0, 0.05) is 52.1 Å². The van der Waals surface area contributed by atoms with Crippen LogP contribution in [-0.2, 0) is 49.7 Å². The van der Waals surface area contributed by atoms with Crippen molar-refractivity contribution in [1.82, 2.24) is 56.4 Å². The molecule has 0 aromatic heterocycles. The number of amides is 7. The third-order valence-electron chi connectivity index (χ3n) is 10.8. The number of hydrogen-bond acceptors (Lipinski definition) is 13. The van der Waals surface area contributed by atoms with Gasteiger partial charge in [-0.05, 0) is 126 Å². The molecule has 0 aliphatic carbocycles. The van der Waals surface area contributed by atoms with Gasteiger partial charge in [-0.2, -0.15) is 0 Å². The average Bonchev–Trinajstić information content (AvgIpc) is 3.28. The van der Waals surface area contributed by atoms with E-state index in [1.807, 2.05) is 58.5 Å². The van der Waals surface area contributed by atoms with Crippen LogP contribution >= 0.6 is 0 Å². The Morgan fingerprint density at radius 1 is 0.457 bits per heavy atom. The standard InChI is InChI=1S/C50H89N11O9/c1-57(2)35-43(62)51-29-19-17-25-41(55-45(64)37-59(5)6)49(68)53-31-21-33-61(47(66)27-15-10-9-11-16-28-48(67)70-39-40-23-13-12-14-24-40)34-22-32-54-50(69)42(56-46(65)38-60(7)8)26-18-20-30-52-44(63)36-58(3)4/h12-14,23-24,41-42H,9-11,15-22,25-39H2,1-8H3,(H,51,62)(H,52,63)(H,53,68)(H,54,69)(H,55,64)(H,56,65)/t41-,42-/m0/s1. The van der Waals surface area contributed by atoms with Crippen LogP contribution in [0.2, 0.25) is 0 Å². The van der Waals surface area contributed by atoms with Crippen LogP contribution in [0.5, 0.6) is 0 Å². The van der Waals surface area contributed by atoms with E-state index in [4.69, 9.17) is 4.74 Å². The van der Waals surface area contributed by atoms with Gasteiger partial charge in [0.2, 0.25) is 41.4 Å². The van der Waals surface area contributed by atoms with E-state index >= 15 is 0 Å². The molecule has 20 heteroatoms. The minimum atomic E-state index is -0.767. The molecule has 1 aromatic rings. The molecule has 0 unspecified atom stereocenters. The zero-order valence-electron chi connectivity index (χ0n) is 43.8. The summed E-state index contributed by atoms with van der Waals surface area (Å²) in [5.41, 5.74) is 0.943. The van der Waals surface area contributed by atoms with Gasteiger partial charge in [0.1, 0.15) is 18.7 Å². The van der Waals surface area contributed by atoms with Crippen molar-refractivity contribution in [3.63, 3.8) is 0 Å². The Bertz CT molecular complexity index is 1600. The van der Waals surface area contributed by atoms with Crippen molar-refractivity contribution in [2.45, 2.75) is 115 Å². The number of nitrogens with zero attached hydrogens (tertiary/aromatic N) is 5. The van der Waals surface area contributed by atoms with Crippen molar-refractivity contribution < 1.29 is 43.1 Å². The molecular formula is C50H89N11O9. The van der Waals surface area contributed by atoms with Gasteiger partial charge in [-0.1, -0.05) is 49.6 Å². The Morgan fingerprint density at radius 2 is 0.857 bits per heavy atom. The van der Waals surface area contributed by atoms with Crippen molar-refractivity contribution in [1.29, 1.82) is 0 Å². The Labute approximate surface area is 418 Å². The van der Waals surface area contributed by atoms with Crippen molar-refractivity contribution >= 4 is 47.3 Å². The summed E-state index contributed by atoms with van der Waals surface area (Å²) < 4.78 is 5.38. The van der Waals surface area contributed by atoms with E-state index in [0.717, 1.165) is 24.8 Å². The van der Waals surface area contributed by atoms with E-state index in [1.54, 1.807) is 52.7 Å². The predicted octanol–water partition coefficient (Wildman–Crippen LogP) is 1.09. The van der Waals surface area contributed by atoms with Crippen LogP contribution in [0.15, 0.2) is 30.3 Å². The molecule has 0 aliphatic rings. The molecule has 20 nitrogen and oxygen atoms in total. The van der Waals surface area contributed by atoms with Crippen LogP contribution in [0.1, 0.15) is 102 Å². The maximum Gasteiger partial charge on any atom is 0.306 e. The minimum absolute atomic E-state index is 0.0415. The molecule has 0 saturated carbocycles. The summed E-state index contributed by atoms with van der Waals surface area (Å²) in [7, 11) is 14.3. The Kier molecular flexibility index (Phi) is 34.6. The highest BCUT2D eigenvalue weighted by atomic mass is 16.5. The maximum atomic E-state index is 13.7. The quantitative estimate of drug-likeness (QED) is 0.0400. The minimum Gasteiger partial charge on any atom is -0.461 e. The molecule has 0 heterocycles. The summed E-state index contributed by atoms with van der Waals surface area (Å²) in [4.78, 5) is 111. The molecule has 0 saturated heterocycles. The number of carbonyl (C=O) groups excluding carboxylic acids is 8. The van der Waals surface area contributed by atoms with E-state index in [2.05, 4.69) is 31.9 Å². The molecule has 7 amide bonds. The Balaban J connectivity index is 2.85. The normalized spacial score (nSPS) is 12.1. The van der Waals surface area contributed by atoms with Gasteiger partial charge in [0.25, 0.3) is 0 Å². The van der Waals surface area contributed by atoms with Crippen LogP contribution < -0.4 is 31.9 Å². The number of hydrogen-bond donors (Lipinski definition) is 6. The summed E-state index contributed by atoms with van der Waals surface area (Å²) in [6.07, 6.45) is 8.72. The van der Waals surface area contributed by atoms with Crippen LogP contribution in [-0.4, -0.2) is 206 Å². The topological polar surface area (TPSA) is 234 Å². The number of unbranched alkanes of at least 4 members (excludes halogenated alkanes) is 6. The first-order chi connectivity index (χ1) is 33.4. The second-order valence-corrected chi connectivity index (χ2v) is 19.0. The van der Waals surface area contributed by atoms with Crippen LogP contribution in [0.25, 0.3) is 0 Å². The highest BCUT2D eigenvalue weighted by molar-refractivity contribution is 5.89. The lowest BCUT2D eigenvalue weighted by atomic mass is 10.1. The van der Waals surface area contributed by atoms with Gasteiger partial charge in [-0.15, -0.1) is 0 Å². The van der Waals surface area contributed by atoms with Crippen molar-refractivity contribution in [2.75, 3.05) is 122 Å². The smallest absolute Gasteiger partial charge is 0.306 e. The number of likely N-dealkylation sites (N-methyl/N-ethyl adjacent to an activating group) is 4. The average molecular weight is 988 g/mol. The van der Waals surface area contributed by atoms with Gasteiger partial charge in [0.15, 0.2) is 0 Å². The van der Waals surface area contributed by atoms with E-state index < -0.39 is 12.1 Å². The third kappa shape index (κ3) is 34.2. The lowest BCUT2D eigenvalue weighted by Crippen LogP contribution is -2.49. The highest BCUT2D eigenvalue weighted by Crippen LogP contribution is 2.11. The van der Waals surface area contributed by atoms with Crippen LogP contribution in [0.3, 0.4) is 0 Å². The molecule has 1 aromatic carbocycles. The summed E-state index contributed by atoms with van der Waals surface area (Å²) >= 11 is 0. The second kappa shape index (κ2) is 38.6. The van der Waals surface area contributed by atoms with Crippen molar-refractivity contribution in [2.24, 2.45) is 0 Å². The number of carbonyl (C=O) groups is 8. The second-order valence-electron chi connectivity index (χ2n) is 19.0. The van der Waals surface area contributed by atoms with Crippen molar-refractivity contribution in [3.8, 4) is 0 Å². The largest absolute Gasteiger partial charge is 0.461 e. The van der Waals surface area contributed by atoms with E-state index in [0.29, 0.717) is 103 Å².